The maximum Gasteiger partial charge on any atom is -0.0398 e. The monoisotopic (exact) mass is 934 g/mol. The number of pyridine rings is 2. The number of aryl methyl sites for hydroxylation is 2. The second-order valence-corrected chi connectivity index (χ2v) is 20.3. The van der Waals surface area contributed by atoms with Crippen LogP contribution in [-0.2, 0) is 0 Å². The summed E-state index contributed by atoms with van der Waals surface area (Å²) in [5.41, 5.74) is 12.3. The Balaban J connectivity index is 0.000000443. The Morgan fingerprint density at radius 1 is 0.397 bits per heavy atom. The summed E-state index contributed by atoms with van der Waals surface area (Å²) in [5, 5.41) is 0. The van der Waals surface area contributed by atoms with Gasteiger partial charge in [-0.2, -0.15) is 0 Å². The van der Waals surface area contributed by atoms with Crippen LogP contribution in [0.25, 0.3) is 0 Å². The molecule has 58 heavy (non-hydrogen) atoms. The van der Waals surface area contributed by atoms with Crippen LogP contribution in [0.2, 0.25) is 0 Å². The molecule has 2 heterocycles. The van der Waals surface area contributed by atoms with E-state index in [1.54, 1.807) is 0 Å². The van der Waals surface area contributed by atoms with Crippen molar-refractivity contribution in [3.05, 3.63) is 191 Å². The summed E-state index contributed by atoms with van der Waals surface area (Å²) >= 11 is -2.29. The van der Waals surface area contributed by atoms with E-state index < -0.39 is 29.4 Å². The van der Waals surface area contributed by atoms with Crippen LogP contribution in [0.3, 0.4) is 0 Å². The van der Waals surface area contributed by atoms with E-state index in [1.807, 2.05) is 60.9 Å². The maximum absolute atomic E-state index is 7.25. The molecule has 6 rings (SSSR count). The van der Waals surface area contributed by atoms with Crippen LogP contribution < -0.4 is 7.71 Å². The Morgan fingerprint density at radius 2 is 0.690 bits per heavy atom. The Hall–Kier alpha value is -3.55. The van der Waals surface area contributed by atoms with Crippen molar-refractivity contribution < 1.29 is 0 Å². The van der Waals surface area contributed by atoms with Crippen LogP contribution in [0.15, 0.2) is 146 Å². The van der Waals surface area contributed by atoms with E-state index in [9.17, 15) is 0 Å². The third-order valence-corrected chi connectivity index (χ3v) is 14.8. The fourth-order valence-electron chi connectivity index (χ4n) is 7.09. The van der Waals surface area contributed by atoms with Crippen LogP contribution in [-0.4, -0.2) is 39.4 Å². The zero-order valence-electron chi connectivity index (χ0n) is 35.9. The molecule has 4 radical (unpaired) electrons. The molecular formula is C50H60Cl2Ge2N4. The van der Waals surface area contributed by atoms with Gasteiger partial charge in [0.25, 0.3) is 0 Å². The van der Waals surface area contributed by atoms with Gasteiger partial charge in [0.2, 0.25) is 0 Å². The molecule has 0 aliphatic carbocycles. The summed E-state index contributed by atoms with van der Waals surface area (Å²) in [5.74, 6) is 1.30. The Kier molecular flexibility index (Phi) is 19.4. The van der Waals surface area contributed by atoms with E-state index in [0.29, 0.717) is 23.7 Å². The van der Waals surface area contributed by atoms with Crippen molar-refractivity contribution in [2.45, 2.75) is 105 Å². The molecule has 0 saturated carbocycles. The second-order valence-electron chi connectivity index (χ2n) is 15.8. The molecule has 0 fully saturated rings. The average molecular weight is 933 g/mol. The molecule has 2 atom stereocenters. The first-order valence-electron chi connectivity index (χ1n) is 20.3. The van der Waals surface area contributed by atoms with E-state index in [1.165, 1.54) is 44.8 Å². The van der Waals surface area contributed by atoms with Crippen LogP contribution in [0.1, 0.15) is 136 Å². The van der Waals surface area contributed by atoms with Crippen LogP contribution in [0.4, 0.5) is 11.4 Å². The minimum Gasteiger partial charge on any atom is -0.0622 e. The molecule has 4 nitrogen and oxygen atoms in total. The largest absolute Gasteiger partial charge is 0.0622 e. The van der Waals surface area contributed by atoms with E-state index in [4.69, 9.17) is 30.0 Å². The quantitative estimate of drug-likeness (QED) is 0.108. The minimum absolute atomic E-state index is 0.219. The summed E-state index contributed by atoms with van der Waals surface area (Å²) < 4.78 is 4.99. The third-order valence-electron chi connectivity index (χ3n) is 10.1. The molecule has 0 saturated heterocycles. The number of hydrogen-bond acceptors (Lipinski definition) is 4. The number of nitrogens with zero attached hydrogens (tertiary/aromatic N) is 4. The number of para-hydroxylation sites is 2. The molecule has 0 N–H and O–H groups in total. The average Bonchev–Trinajstić information content (AvgIpc) is 3.23. The van der Waals surface area contributed by atoms with Crippen LogP contribution in [0.5, 0.6) is 0 Å². The molecule has 0 unspecified atom stereocenters. The molecule has 0 amide bonds. The summed E-state index contributed by atoms with van der Waals surface area (Å²) in [7, 11) is 14.5. The number of rotatable bonds is 13. The first-order chi connectivity index (χ1) is 27.9. The molecule has 4 aromatic carbocycles. The molecule has 6 aromatic rings. The van der Waals surface area contributed by atoms with Gasteiger partial charge in [-0.3, -0.25) is 0 Å². The smallest absolute Gasteiger partial charge is 0.0398 e. The topological polar surface area (TPSA) is 32.3 Å². The van der Waals surface area contributed by atoms with Gasteiger partial charge < -0.3 is 0 Å². The van der Waals surface area contributed by atoms with Gasteiger partial charge in [0.05, 0.1) is 0 Å². The number of benzene rings is 4. The maximum atomic E-state index is 7.25. The first-order valence-corrected chi connectivity index (χ1v) is 27.7. The van der Waals surface area contributed by atoms with Gasteiger partial charge in [0.1, 0.15) is 0 Å². The molecule has 8 heteroatoms. The fourth-order valence-corrected chi connectivity index (χ4v) is 12.1. The zero-order valence-corrected chi connectivity index (χ0v) is 41.6. The molecule has 2 aromatic heterocycles. The molecular weight excluding hydrogens is 873 g/mol. The van der Waals surface area contributed by atoms with Crippen molar-refractivity contribution in [3.63, 3.8) is 0 Å². The van der Waals surface area contributed by atoms with Crippen molar-refractivity contribution in [2.75, 3.05) is 7.71 Å². The fraction of sp³-hybridized carbons (Fsp3) is 0.320. The van der Waals surface area contributed by atoms with Gasteiger partial charge in [0, 0.05) is 0 Å². The van der Waals surface area contributed by atoms with Gasteiger partial charge in [-0.15, -0.1) is 0 Å². The molecule has 0 aliphatic heterocycles. The molecule has 0 spiro atoms. The van der Waals surface area contributed by atoms with Crippen molar-refractivity contribution >= 4 is 60.8 Å². The zero-order chi connectivity index (χ0) is 42.2. The molecule has 0 aliphatic rings. The Labute approximate surface area is 371 Å². The standard InChI is InChI=1S/C36H44Cl2Ge2N4.2C7H8/c1-23(2)27-15-13-16-28(24(3)4)33(27)43(39-37)35(31-19-9-11-21-41-31)36(32-20-10-12-22-42-32)44(40-38)34-29(25(5)6)17-14-18-30(34)26(7)8;2*1-7-5-3-2-4-6-7/h9-26,35-36H,1-8H3;2*2-6H,1H3/t35-,36-;;/m0../s1. The van der Waals surface area contributed by atoms with E-state index >= 15 is 0 Å². The van der Waals surface area contributed by atoms with Crippen molar-refractivity contribution in [1.82, 2.24) is 9.97 Å². The second kappa shape index (κ2) is 23.9. The summed E-state index contributed by atoms with van der Waals surface area (Å²) in [6.45, 7) is 22.3. The van der Waals surface area contributed by atoms with Gasteiger partial charge in [-0.1, -0.05) is 71.8 Å². The third kappa shape index (κ3) is 12.7. The van der Waals surface area contributed by atoms with E-state index in [0.717, 1.165) is 11.4 Å². The van der Waals surface area contributed by atoms with Crippen LogP contribution in [0, 0.1) is 13.8 Å². The van der Waals surface area contributed by atoms with Crippen molar-refractivity contribution in [3.8, 4) is 0 Å². The first kappa shape index (κ1) is 47.1. The SMILES string of the molecule is CC(C)c1cccc(C(C)C)c1[N]([Ge][Cl])[C@@H](c1ccccn1)[C@H](c1ccccn1)[N]([Ge][Cl])c1c(C(C)C)cccc1C(C)C.Cc1ccccc1.Cc1ccccc1. The Bertz CT molecular complexity index is 1860. The Morgan fingerprint density at radius 3 is 0.897 bits per heavy atom. The predicted molar refractivity (Wildman–Crippen MR) is 254 cm³/mol. The molecule has 302 valence electrons. The summed E-state index contributed by atoms with van der Waals surface area (Å²) in [6, 6.07) is 45.9. The summed E-state index contributed by atoms with van der Waals surface area (Å²) in [4.78, 5) is 10.1. The summed E-state index contributed by atoms with van der Waals surface area (Å²) in [6.07, 6.45) is 3.79. The van der Waals surface area contributed by atoms with Crippen molar-refractivity contribution in [2.24, 2.45) is 0 Å². The van der Waals surface area contributed by atoms with E-state index in [2.05, 4.69) is 162 Å². The number of aromatic nitrogens is 2. The van der Waals surface area contributed by atoms with Gasteiger partial charge >= 0.3 is 289 Å². The van der Waals surface area contributed by atoms with Crippen LogP contribution >= 0.6 is 20.0 Å². The predicted octanol–water partition coefficient (Wildman–Crippen LogP) is 14.3. The number of anilines is 2. The number of halogens is 2. The van der Waals surface area contributed by atoms with Gasteiger partial charge in [0.15, 0.2) is 0 Å². The normalized spacial score (nSPS) is 12.1. The minimum atomic E-state index is -1.15. The van der Waals surface area contributed by atoms with Crippen molar-refractivity contribution in [1.29, 1.82) is 0 Å². The molecule has 0 bridgehead atoms. The van der Waals surface area contributed by atoms with E-state index in [-0.39, 0.29) is 12.1 Å². The number of hydrogen-bond donors (Lipinski definition) is 0. The van der Waals surface area contributed by atoms with Gasteiger partial charge in [-0.25, -0.2) is 0 Å². The van der Waals surface area contributed by atoms with Gasteiger partial charge in [-0.05, 0) is 13.8 Å².